The third-order valence-electron chi connectivity index (χ3n) is 2.22. The minimum atomic E-state index is -1.57. The van der Waals surface area contributed by atoms with Crippen molar-refractivity contribution < 1.29 is 9.59 Å². The van der Waals surface area contributed by atoms with Gasteiger partial charge in [0, 0.05) is 6.54 Å². The molecule has 0 radical (unpaired) electrons. The maximum absolute atomic E-state index is 11.8. The number of hydrogen-bond donors (Lipinski definition) is 1. The molecule has 1 heterocycles. The summed E-state index contributed by atoms with van der Waals surface area (Å²) in [5.74, 6) is -0.0574. The summed E-state index contributed by atoms with van der Waals surface area (Å²) in [6, 6.07) is 1.87. The molecule has 0 aliphatic rings. The number of amides is 1. The molecular weight excluding hydrogens is 238 g/mol. The topological polar surface area (TPSA) is 46.2 Å². The number of thiophene rings is 1. The summed E-state index contributed by atoms with van der Waals surface area (Å²) in [7, 11) is -1.57. The van der Waals surface area contributed by atoms with Crippen molar-refractivity contribution in [1.82, 2.24) is 5.32 Å². The monoisotopic (exact) mass is 255 g/mol. The average molecular weight is 255 g/mol. The molecule has 0 spiro atoms. The Morgan fingerprint density at radius 3 is 2.56 bits per heavy atom. The zero-order valence-corrected chi connectivity index (χ0v) is 11.9. The van der Waals surface area contributed by atoms with Gasteiger partial charge in [0.25, 0.3) is 5.91 Å². The quantitative estimate of drug-likeness (QED) is 0.659. The Kier molecular flexibility index (Phi) is 4.04. The van der Waals surface area contributed by atoms with E-state index in [1.54, 1.807) is 0 Å². The first-order chi connectivity index (χ1) is 7.40. The van der Waals surface area contributed by atoms with Crippen LogP contribution in [0.25, 0.3) is 0 Å². The number of carbonyl (C=O) groups excluding carboxylic acids is 2. The molecule has 0 saturated heterocycles. The Labute approximate surface area is 101 Å². The molecule has 0 saturated carbocycles. The van der Waals surface area contributed by atoms with Crippen LogP contribution in [-0.2, 0) is 0 Å². The molecule has 1 aromatic heterocycles. The second kappa shape index (κ2) is 4.93. The molecule has 0 atom stereocenters. The molecule has 88 valence electrons. The highest BCUT2D eigenvalue weighted by Crippen LogP contribution is 2.17. The van der Waals surface area contributed by atoms with Crippen LogP contribution in [0.3, 0.4) is 0 Å². The molecule has 16 heavy (non-hydrogen) atoms. The van der Waals surface area contributed by atoms with Crippen molar-refractivity contribution in [2.45, 2.75) is 26.6 Å². The van der Waals surface area contributed by atoms with Crippen molar-refractivity contribution in [2.75, 3.05) is 6.54 Å². The highest BCUT2D eigenvalue weighted by Gasteiger charge is 2.26. The van der Waals surface area contributed by atoms with Crippen LogP contribution in [0.4, 0.5) is 0 Å². The number of carbonyl (C=O) groups is 2. The second-order valence-electron chi connectivity index (χ2n) is 4.62. The summed E-state index contributed by atoms with van der Waals surface area (Å²) in [6.07, 6.45) is 0.817. The van der Waals surface area contributed by atoms with Gasteiger partial charge in [0.15, 0.2) is 6.29 Å². The summed E-state index contributed by atoms with van der Waals surface area (Å²) in [6.45, 7) is 9.02. The van der Waals surface area contributed by atoms with Gasteiger partial charge in [0.2, 0.25) is 0 Å². The first-order valence-corrected chi connectivity index (χ1v) is 9.59. The molecule has 1 N–H and O–H groups in total. The van der Waals surface area contributed by atoms with Gasteiger partial charge < -0.3 is 5.32 Å². The predicted molar refractivity (Wildman–Crippen MR) is 70.7 cm³/mol. The van der Waals surface area contributed by atoms with E-state index in [0.717, 1.165) is 11.5 Å². The normalized spacial score (nSPS) is 11.2. The largest absolute Gasteiger partial charge is 0.352 e. The van der Waals surface area contributed by atoms with E-state index in [0.29, 0.717) is 16.3 Å². The Balaban J connectivity index is 3.20. The fraction of sp³-hybridized carbons (Fsp3) is 0.455. The summed E-state index contributed by atoms with van der Waals surface area (Å²) in [5.41, 5.74) is 0. The summed E-state index contributed by atoms with van der Waals surface area (Å²) in [5, 5.41) is 3.86. The van der Waals surface area contributed by atoms with Crippen LogP contribution in [-0.4, -0.2) is 26.8 Å². The van der Waals surface area contributed by atoms with Gasteiger partial charge in [-0.3, -0.25) is 9.59 Å². The van der Waals surface area contributed by atoms with Crippen molar-refractivity contribution in [3.8, 4) is 0 Å². The molecule has 0 fully saturated rings. The lowest BCUT2D eigenvalue weighted by Crippen LogP contribution is -2.41. The standard InChI is InChI=1S/C11H17NO2SSi/c1-5-12-11(14)10-9(16(2,3)4)6-8(7-13)15-10/h6-7H,5H2,1-4H3,(H,12,14). The SMILES string of the molecule is CCNC(=O)c1sc(C=O)cc1[Si](C)(C)C. The lowest BCUT2D eigenvalue weighted by atomic mass is 10.4. The lowest BCUT2D eigenvalue weighted by Gasteiger charge is -2.16. The zero-order valence-electron chi connectivity index (χ0n) is 10.1. The molecule has 1 aromatic rings. The van der Waals surface area contributed by atoms with E-state index in [1.807, 2.05) is 13.0 Å². The zero-order chi connectivity index (χ0) is 12.3. The number of nitrogens with one attached hydrogen (secondary N) is 1. The van der Waals surface area contributed by atoms with Crippen molar-refractivity contribution in [2.24, 2.45) is 0 Å². The molecule has 5 heteroatoms. The Morgan fingerprint density at radius 1 is 1.50 bits per heavy atom. The van der Waals surface area contributed by atoms with E-state index in [2.05, 4.69) is 25.0 Å². The molecule has 0 bridgehead atoms. The minimum Gasteiger partial charge on any atom is -0.352 e. The van der Waals surface area contributed by atoms with Crippen molar-refractivity contribution >= 4 is 36.8 Å². The highest BCUT2D eigenvalue weighted by molar-refractivity contribution is 7.18. The van der Waals surface area contributed by atoms with Gasteiger partial charge in [-0.2, -0.15) is 0 Å². The van der Waals surface area contributed by atoms with E-state index in [1.165, 1.54) is 11.3 Å². The molecular formula is C11H17NO2SSi. The van der Waals surface area contributed by atoms with E-state index in [-0.39, 0.29) is 5.91 Å². The molecule has 0 aliphatic carbocycles. The van der Waals surface area contributed by atoms with Gasteiger partial charge in [0.1, 0.15) is 0 Å². The van der Waals surface area contributed by atoms with Crippen molar-refractivity contribution in [3.63, 3.8) is 0 Å². The van der Waals surface area contributed by atoms with Crippen LogP contribution in [0.1, 0.15) is 26.3 Å². The van der Waals surface area contributed by atoms with Gasteiger partial charge in [-0.25, -0.2) is 0 Å². The number of hydrogen-bond acceptors (Lipinski definition) is 3. The van der Waals surface area contributed by atoms with Crippen molar-refractivity contribution in [1.29, 1.82) is 0 Å². The summed E-state index contributed by atoms with van der Waals surface area (Å²) in [4.78, 5) is 24.0. The van der Waals surface area contributed by atoms with E-state index in [9.17, 15) is 9.59 Å². The fourth-order valence-corrected chi connectivity index (χ4v) is 4.79. The third kappa shape index (κ3) is 2.80. The van der Waals surface area contributed by atoms with Crippen LogP contribution in [0.5, 0.6) is 0 Å². The highest BCUT2D eigenvalue weighted by atomic mass is 32.1. The molecule has 1 amide bonds. The first kappa shape index (κ1) is 13.1. The van der Waals surface area contributed by atoms with Crippen LogP contribution in [0.2, 0.25) is 19.6 Å². The summed E-state index contributed by atoms with van der Waals surface area (Å²) >= 11 is 1.29. The molecule has 1 rings (SSSR count). The smallest absolute Gasteiger partial charge is 0.261 e. The second-order valence-corrected chi connectivity index (χ2v) is 10.7. The fourth-order valence-electron chi connectivity index (χ4n) is 1.43. The summed E-state index contributed by atoms with van der Waals surface area (Å²) < 4.78 is 0. The number of rotatable bonds is 4. The van der Waals surface area contributed by atoms with Crippen molar-refractivity contribution in [3.05, 3.63) is 15.8 Å². The van der Waals surface area contributed by atoms with Gasteiger partial charge >= 0.3 is 0 Å². The first-order valence-electron chi connectivity index (χ1n) is 5.27. The molecule has 0 unspecified atom stereocenters. The average Bonchev–Trinajstić information content (AvgIpc) is 2.61. The third-order valence-corrected chi connectivity index (χ3v) is 5.47. The van der Waals surface area contributed by atoms with Crippen LogP contribution in [0, 0.1) is 0 Å². The Morgan fingerprint density at radius 2 is 2.12 bits per heavy atom. The maximum atomic E-state index is 11.8. The van der Waals surface area contributed by atoms with Crippen LogP contribution < -0.4 is 10.5 Å². The lowest BCUT2D eigenvalue weighted by molar-refractivity contribution is 0.0960. The van der Waals surface area contributed by atoms with Crippen LogP contribution >= 0.6 is 11.3 Å². The Hall–Kier alpha value is -0.943. The Bertz CT molecular complexity index is 407. The van der Waals surface area contributed by atoms with E-state index >= 15 is 0 Å². The van der Waals surface area contributed by atoms with Gasteiger partial charge in [-0.1, -0.05) is 19.6 Å². The van der Waals surface area contributed by atoms with E-state index < -0.39 is 8.07 Å². The van der Waals surface area contributed by atoms with Gasteiger partial charge in [-0.05, 0) is 18.2 Å². The number of aldehydes is 1. The molecule has 0 aliphatic heterocycles. The predicted octanol–water partition coefficient (Wildman–Crippen LogP) is 1.86. The van der Waals surface area contributed by atoms with Crippen LogP contribution in [0.15, 0.2) is 6.07 Å². The molecule has 3 nitrogen and oxygen atoms in total. The van der Waals surface area contributed by atoms with Gasteiger partial charge in [-0.15, -0.1) is 11.3 Å². The maximum Gasteiger partial charge on any atom is 0.261 e. The van der Waals surface area contributed by atoms with E-state index in [4.69, 9.17) is 0 Å². The minimum absolute atomic E-state index is 0.0574. The molecule has 0 aromatic carbocycles. The van der Waals surface area contributed by atoms with Gasteiger partial charge in [0.05, 0.1) is 17.8 Å².